The van der Waals surface area contributed by atoms with Crippen molar-refractivity contribution in [1.82, 2.24) is 0 Å². The number of ether oxygens (including phenoxy) is 2. The number of halogens is 2. The molecular formula is C11H15ClFNO3. The minimum absolute atomic E-state index is 0. The number of carbonyl (C=O) groups is 1. The number of rotatable bonds is 4. The number of hydrogen-bond donors (Lipinski definition) is 1. The zero-order valence-electron chi connectivity index (χ0n) is 9.60. The maximum atomic E-state index is 13.1. The summed E-state index contributed by atoms with van der Waals surface area (Å²) >= 11 is 0. The Morgan fingerprint density at radius 1 is 1.47 bits per heavy atom. The quantitative estimate of drug-likeness (QED) is 0.842. The van der Waals surface area contributed by atoms with Gasteiger partial charge in [-0.25, -0.2) is 4.39 Å². The van der Waals surface area contributed by atoms with E-state index in [0.29, 0.717) is 5.56 Å². The lowest BCUT2D eigenvalue weighted by Crippen LogP contribution is -2.16. The average Bonchev–Trinajstić information content (AvgIpc) is 2.29. The van der Waals surface area contributed by atoms with Crippen molar-refractivity contribution in [3.8, 4) is 5.75 Å². The molecule has 2 N–H and O–H groups in total. The second-order valence-corrected chi connectivity index (χ2v) is 3.28. The Hall–Kier alpha value is -1.33. The smallest absolute Gasteiger partial charge is 0.307 e. The molecule has 0 aliphatic heterocycles. The first kappa shape index (κ1) is 15.7. The van der Waals surface area contributed by atoms with Gasteiger partial charge in [0.15, 0.2) is 11.6 Å². The Kier molecular flexibility index (Phi) is 6.53. The maximum absolute atomic E-state index is 13.1. The molecule has 96 valence electrons. The molecule has 17 heavy (non-hydrogen) atoms. The highest BCUT2D eigenvalue weighted by Gasteiger charge is 2.14. The molecule has 0 unspecified atom stereocenters. The molecule has 0 bridgehead atoms. The first-order valence-corrected chi connectivity index (χ1v) is 4.74. The lowest BCUT2D eigenvalue weighted by molar-refractivity contribution is -0.141. The minimum Gasteiger partial charge on any atom is -0.494 e. The third-order valence-corrected chi connectivity index (χ3v) is 2.22. The standard InChI is InChI=1S/C11H14FNO3.ClH/c1-15-10-5-7(3-4-8(10)12)9(13)6-11(14)16-2;/h3-5,9H,6,13H2,1-2H3;1H/t9-;/m0./s1. The number of hydrogen-bond acceptors (Lipinski definition) is 4. The SMILES string of the molecule is COC(=O)C[C@H](N)c1ccc(F)c(OC)c1.Cl. The third kappa shape index (κ3) is 4.20. The van der Waals surface area contributed by atoms with E-state index in [9.17, 15) is 9.18 Å². The molecule has 0 aromatic heterocycles. The molecule has 0 amide bonds. The summed E-state index contributed by atoms with van der Waals surface area (Å²) in [5, 5.41) is 0. The van der Waals surface area contributed by atoms with Gasteiger partial charge >= 0.3 is 5.97 Å². The molecular weight excluding hydrogens is 249 g/mol. The van der Waals surface area contributed by atoms with Crippen LogP contribution in [0.15, 0.2) is 18.2 Å². The van der Waals surface area contributed by atoms with Crippen molar-refractivity contribution < 1.29 is 18.7 Å². The molecule has 0 fully saturated rings. The summed E-state index contributed by atoms with van der Waals surface area (Å²) in [7, 11) is 2.66. The second kappa shape index (κ2) is 7.09. The third-order valence-electron chi connectivity index (χ3n) is 2.22. The highest BCUT2D eigenvalue weighted by atomic mass is 35.5. The van der Waals surface area contributed by atoms with Crippen LogP contribution in [0.3, 0.4) is 0 Å². The molecule has 0 heterocycles. The molecule has 0 aliphatic carbocycles. The van der Waals surface area contributed by atoms with Crippen molar-refractivity contribution in [1.29, 1.82) is 0 Å². The summed E-state index contributed by atoms with van der Waals surface area (Å²) in [5.74, 6) is -0.759. The predicted octanol–water partition coefficient (Wildman–Crippen LogP) is 1.82. The van der Waals surface area contributed by atoms with Crippen LogP contribution in [-0.4, -0.2) is 20.2 Å². The molecule has 6 heteroatoms. The van der Waals surface area contributed by atoms with Crippen LogP contribution in [0.5, 0.6) is 5.75 Å². The summed E-state index contributed by atoms with van der Waals surface area (Å²) in [6.45, 7) is 0. The van der Waals surface area contributed by atoms with Gasteiger partial charge in [0.05, 0.1) is 20.6 Å². The first-order valence-electron chi connectivity index (χ1n) is 4.74. The van der Waals surface area contributed by atoms with Gasteiger partial charge in [0.2, 0.25) is 0 Å². The van der Waals surface area contributed by atoms with E-state index in [2.05, 4.69) is 4.74 Å². The minimum atomic E-state index is -0.526. The van der Waals surface area contributed by atoms with Gasteiger partial charge in [0, 0.05) is 6.04 Å². The largest absolute Gasteiger partial charge is 0.494 e. The highest BCUT2D eigenvalue weighted by Crippen LogP contribution is 2.23. The molecule has 0 radical (unpaired) electrons. The summed E-state index contributed by atoms with van der Waals surface area (Å²) < 4.78 is 22.4. The Balaban J connectivity index is 0.00000256. The van der Waals surface area contributed by atoms with Crippen LogP contribution in [0, 0.1) is 5.82 Å². The Bertz CT molecular complexity index is 387. The van der Waals surface area contributed by atoms with Gasteiger partial charge in [-0.3, -0.25) is 4.79 Å². The van der Waals surface area contributed by atoms with E-state index in [4.69, 9.17) is 10.5 Å². The molecule has 0 saturated heterocycles. The van der Waals surface area contributed by atoms with Crippen molar-refractivity contribution in [3.63, 3.8) is 0 Å². The summed E-state index contributed by atoms with van der Waals surface area (Å²) in [6, 6.07) is 3.72. The normalized spacial score (nSPS) is 11.3. The molecule has 0 spiro atoms. The van der Waals surface area contributed by atoms with Crippen LogP contribution in [0.4, 0.5) is 4.39 Å². The summed E-state index contributed by atoms with van der Waals surface area (Å²) in [4.78, 5) is 11.0. The predicted molar refractivity (Wildman–Crippen MR) is 63.8 cm³/mol. The lowest BCUT2D eigenvalue weighted by Gasteiger charge is -2.12. The number of carbonyl (C=O) groups excluding carboxylic acids is 1. The van der Waals surface area contributed by atoms with Crippen molar-refractivity contribution in [2.24, 2.45) is 5.73 Å². The van der Waals surface area contributed by atoms with E-state index in [1.807, 2.05) is 0 Å². The van der Waals surface area contributed by atoms with Crippen LogP contribution in [0.2, 0.25) is 0 Å². The van der Waals surface area contributed by atoms with E-state index in [1.54, 1.807) is 0 Å². The van der Waals surface area contributed by atoms with Gasteiger partial charge < -0.3 is 15.2 Å². The second-order valence-electron chi connectivity index (χ2n) is 3.28. The van der Waals surface area contributed by atoms with Crippen LogP contribution < -0.4 is 10.5 Å². The van der Waals surface area contributed by atoms with Crippen LogP contribution in [0.1, 0.15) is 18.0 Å². The number of benzene rings is 1. The molecule has 0 aliphatic rings. The van der Waals surface area contributed by atoms with Crippen molar-refractivity contribution in [3.05, 3.63) is 29.6 Å². The fourth-order valence-corrected chi connectivity index (χ4v) is 1.29. The molecule has 4 nitrogen and oxygen atoms in total. The zero-order valence-corrected chi connectivity index (χ0v) is 10.4. The van der Waals surface area contributed by atoms with Gasteiger partial charge in [0.25, 0.3) is 0 Å². The highest BCUT2D eigenvalue weighted by molar-refractivity contribution is 5.85. The van der Waals surface area contributed by atoms with E-state index in [1.165, 1.54) is 32.4 Å². The molecule has 1 rings (SSSR count). The van der Waals surface area contributed by atoms with Gasteiger partial charge in [-0.05, 0) is 17.7 Å². The topological polar surface area (TPSA) is 61.5 Å². The number of nitrogens with two attached hydrogens (primary N) is 1. The van der Waals surface area contributed by atoms with Crippen molar-refractivity contribution in [2.45, 2.75) is 12.5 Å². The van der Waals surface area contributed by atoms with Gasteiger partial charge in [-0.2, -0.15) is 0 Å². The molecule has 1 atom stereocenters. The summed E-state index contributed by atoms with van der Waals surface area (Å²) in [6.07, 6.45) is 0.0469. The Morgan fingerprint density at radius 2 is 2.12 bits per heavy atom. The Morgan fingerprint density at radius 3 is 2.65 bits per heavy atom. The van der Waals surface area contributed by atoms with E-state index in [-0.39, 0.29) is 24.6 Å². The van der Waals surface area contributed by atoms with Gasteiger partial charge in [-0.15, -0.1) is 12.4 Å². The van der Waals surface area contributed by atoms with Gasteiger partial charge in [-0.1, -0.05) is 6.07 Å². The maximum Gasteiger partial charge on any atom is 0.307 e. The van der Waals surface area contributed by atoms with Gasteiger partial charge in [0.1, 0.15) is 0 Å². The fraction of sp³-hybridized carbons (Fsp3) is 0.364. The van der Waals surface area contributed by atoms with Crippen LogP contribution >= 0.6 is 12.4 Å². The van der Waals surface area contributed by atoms with Crippen LogP contribution in [0.25, 0.3) is 0 Å². The average molecular weight is 264 g/mol. The lowest BCUT2D eigenvalue weighted by atomic mass is 10.0. The van der Waals surface area contributed by atoms with Crippen molar-refractivity contribution in [2.75, 3.05) is 14.2 Å². The molecule has 1 aromatic rings. The van der Waals surface area contributed by atoms with E-state index < -0.39 is 17.8 Å². The first-order chi connectivity index (χ1) is 7.58. The zero-order chi connectivity index (χ0) is 12.1. The Labute approximate surface area is 105 Å². The monoisotopic (exact) mass is 263 g/mol. The number of methoxy groups -OCH3 is 2. The van der Waals surface area contributed by atoms with Crippen LogP contribution in [-0.2, 0) is 9.53 Å². The molecule has 0 saturated carbocycles. The van der Waals surface area contributed by atoms with Crippen molar-refractivity contribution >= 4 is 18.4 Å². The summed E-state index contributed by atoms with van der Waals surface area (Å²) in [5.41, 5.74) is 6.39. The van der Waals surface area contributed by atoms with E-state index in [0.717, 1.165) is 0 Å². The fourth-order valence-electron chi connectivity index (χ4n) is 1.29. The van der Waals surface area contributed by atoms with E-state index >= 15 is 0 Å². The molecule has 1 aromatic carbocycles. The number of esters is 1.